The first kappa shape index (κ1) is 17.0. The molecule has 0 fully saturated rings. The first-order valence-electron chi connectivity index (χ1n) is 9.53. The number of nitrogens with zero attached hydrogens (tertiary/aromatic N) is 1. The van der Waals surface area contributed by atoms with Gasteiger partial charge in [-0.2, -0.15) is 0 Å². The number of pyridine rings is 1. The predicted molar refractivity (Wildman–Crippen MR) is 109 cm³/mol. The molecule has 0 saturated carbocycles. The van der Waals surface area contributed by atoms with Crippen LogP contribution in [-0.2, 0) is 19.9 Å². The van der Waals surface area contributed by atoms with Gasteiger partial charge in [0.2, 0.25) is 5.69 Å². The molecule has 2 aromatic carbocycles. The lowest BCUT2D eigenvalue weighted by Crippen LogP contribution is -2.31. The summed E-state index contributed by atoms with van der Waals surface area (Å²) in [5, 5.41) is 0. The number of hydrogen-bond acceptors (Lipinski definition) is 0. The van der Waals surface area contributed by atoms with Gasteiger partial charge in [-0.3, -0.25) is 0 Å². The maximum atomic E-state index is 2.38. The van der Waals surface area contributed by atoms with Gasteiger partial charge >= 0.3 is 0 Å². The summed E-state index contributed by atoms with van der Waals surface area (Å²) in [6.45, 7) is 9.20. The van der Waals surface area contributed by atoms with Gasteiger partial charge in [0, 0.05) is 17.7 Å². The second kappa shape index (κ2) is 6.09. The summed E-state index contributed by atoms with van der Waals surface area (Å²) >= 11 is 0. The lowest BCUT2D eigenvalue weighted by molar-refractivity contribution is -0.660. The molecular formula is C25H28N+. The Balaban J connectivity index is 1.81. The van der Waals surface area contributed by atoms with E-state index in [4.69, 9.17) is 0 Å². The van der Waals surface area contributed by atoms with Gasteiger partial charge in [-0.25, -0.2) is 4.57 Å². The maximum absolute atomic E-state index is 2.38. The van der Waals surface area contributed by atoms with Crippen molar-refractivity contribution in [1.82, 2.24) is 0 Å². The highest BCUT2D eigenvalue weighted by molar-refractivity contribution is 5.81. The highest BCUT2D eigenvalue weighted by atomic mass is 14.9. The molecule has 1 aliphatic carbocycles. The van der Waals surface area contributed by atoms with Gasteiger partial charge in [0.1, 0.15) is 7.05 Å². The van der Waals surface area contributed by atoms with Crippen LogP contribution in [0.3, 0.4) is 0 Å². The molecule has 132 valence electrons. The van der Waals surface area contributed by atoms with E-state index in [2.05, 4.69) is 94.0 Å². The lowest BCUT2D eigenvalue weighted by atomic mass is 9.87. The molecule has 1 nitrogen and oxygen atoms in total. The second-order valence-corrected chi connectivity index (χ2v) is 8.87. The lowest BCUT2D eigenvalue weighted by Gasteiger charge is -2.18. The summed E-state index contributed by atoms with van der Waals surface area (Å²) < 4.78 is 2.25. The molecule has 4 rings (SSSR count). The van der Waals surface area contributed by atoms with E-state index in [0.717, 1.165) is 12.8 Å². The number of aryl methyl sites for hydroxylation is 1. The van der Waals surface area contributed by atoms with E-state index in [9.17, 15) is 0 Å². The zero-order valence-electron chi connectivity index (χ0n) is 16.6. The Labute approximate surface area is 157 Å². The summed E-state index contributed by atoms with van der Waals surface area (Å²) in [7, 11) is 2.15. The smallest absolute Gasteiger partial charge is 0.201 e. The first-order valence-corrected chi connectivity index (χ1v) is 9.53. The standard InChI is InChI=1S/C25H28N/c1-17-20(24-14-18(12-13-26(24)5)16-25(2,3)4)10-11-22-21-9-7-6-8-19(21)15-23(17)22/h6-14H,15-16H2,1-5H3/q+1. The second-order valence-electron chi connectivity index (χ2n) is 8.87. The molecule has 0 amide bonds. The van der Waals surface area contributed by atoms with Crippen molar-refractivity contribution in [2.75, 3.05) is 0 Å². The Bertz CT molecular complexity index is 990. The van der Waals surface area contributed by atoms with Crippen LogP contribution in [0.4, 0.5) is 0 Å². The van der Waals surface area contributed by atoms with Crippen molar-refractivity contribution in [3.8, 4) is 22.4 Å². The molecule has 0 bridgehead atoms. The Morgan fingerprint density at radius 3 is 2.42 bits per heavy atom. The monoisotopic (exact) mass is 342 g/mol. The van der Waals surface area contributed by atoms with E-state index >= 15 is 0 Å². The molecular weight excluding hydrogens is 314 g/mol. The fourth-order valence-electron chi connectivity index (χ4n) is 4.25. The number of aromatic nitrogens is 1. The maximum Gasteiger partial charge on any atom is 0.212 e. The summed E-state index contributed by atoms with van der Waals surface area (Å²) in [5.41, 5.74) is 11.6. The molecule has 1 heteroatoms. The fourth-order valence-corrected chi connectivity index (χ4v) is 4.25. The molecule has 1 aromatic heterocycles. The topological polar surface area (TPSA) is 3.88 Å². The van der Waals surface area contributed by atoms with Crippen LogP contribution < -0.4 is 4.57 Å². The van der Waals surface area contributed by atoms with Crippen molar-refractivity contribution in [2.45, 2.75) is 40.5 Å². The highest BCUT2D eigenvalue weighted by Crippen LogP contribution is 2.40. The average molecular weight is 343 g/mol. The molecule has 1 aliphatic rings. The van der Waals surface area contributed by atoms with Crippen molar-refractivity contribution >= 4 is 0 Å². The fraction of sp³-hybridized carbons (Fsp3) is 0.320. The number of rotatable bonds is 2. The summed E-state index contributed by atoms with van der Waals surface area (Å²) in [6, 6.07) is 18.1. The van der Waals surface area contributed by atoms with Gasteiger partial charge < -0.3 is 0 Å². The molecule has 0 atom stereocenters. The normalized spacial score (nSPS) is 12.8. The number of benzene rings is 2. The van der Waals surface area contributed by atoms with Crippen molar-refractivity contribution in [3.05, 3.63) is 77.0 Å². The Morgan fingerprint density at radius 2 is 1.65 bits per heavy atom. The van der Waals surface area contributed by atoms with Crippen molar-refractivity contribution in [1.29, 1.82) is 0 Å². The van der Waals surface area contributed by atoms with Crippen molar-refractivity contribution in [3.63, 3.8) is 0 Å². The molecule has 0 saturated heterocycles. The SMILES string of the molecule is Cc1c(-c2cc(CC(C)(C)C)cc[n+]2C)ccc2c1Cc1ccccc1-2. The van der Waals surface area contributed by atoms with Crippen LogP contribution in [0.2, 0.25) is 0 Å². The van der Waals surface area contributed by atoms with E-state index in [1.54, 1.807) is 0 Å². The van der Waals surface area contributed by atoms with Gasteiger partial charge in [-0.15, -0.1) is 0 Å². The minimum absolute atomic E-state index is 0.297. The quantitative estimate of drug-likeness (QED) is 0.415. The molecule has 0 aliphatic heterocycles. The predicted octanol–water partition coefficient (Wildman–Crippen LogP) is 5.65. The molecule has 0 N–H and O–H groups in total. The zero-order valence-corrected chi connectivity index (χ0v) is 16.6. The van der Waals surface area contributed by atoms with Gasteiger partial charge in [-0.1, -0.05) is 51.1 Å². The van der Waals surface area contributed by atoms with E-state index in [-0.39, 0.29) is 0 Å². The van der Waals surface area contributed by atoms with Crippen LogP contribution in [0.25, 0.3) is 22.4 Å². The van der Waals surface area contributed by atoms with Gasteiger partial charge in [0.15, 0.2) is 6.20 Å². The van der Waals surface area contributed by atoms with E-state index in [1.807, 2.05) is 0 Å². The number of fused-ring (bicyclic) bond motifs is 3. The van der Waals surface area contributed by atoms with Crippen molar-refractivity contribution in [2.24, 2.45) is 12.5 Å². The van der Waals surface area contributed by atoms with Crippen LogP contribution in [0, 0.1) is 12.3 Å². The van der Waals surface area contributed by atoms with Gasteiger partial charge in [0.25, 0.3) is 0 Å². The van der Waals surface area contributed by atoms with Gasteiger partial charge in [-0.05, 0) is 64.6 Å². The molecule has 1 heterocycles. The Morgan fingerprint density at radius 1 is 0.923 bits per heavy atom. The van der Waals surface area contributed by atoms with Crippen LogP contribution in [0.1, 0.15) is 43.0 Å². The largest absolute Gasteiger partial charge is 0.212 e. The summed E-state index contributed by atoms with van der Waals surface area (Å²) in [4.78, 5) is 0. The van der Waals surface area contributed by atoms with E-state index in [0.29, 0.717) is 5.41 Å². The third-order valence-corrected chi connectivity index (χ3v) is 5.50. The van der Waals surface area contributed by atoms with Gasteiger partial charge in [0.05, 0.1) is 0 Å². The summed E-state index contributed by atoms with van der Waals surface area (Å²) in [6.07, 6.45) is 4.35. The Kier molecular flexibility index (Phi) is 3.99. The third-order valence-electron chi connectivity index (χ3n) is 5.50. The Hall–Kier alpha value is -2.41. The van der Waals surface area contributed by atoms with Crippen molar-refractivity contribution < 1.29 is 4.57 Å². The highest BCUT2D eigenvalue weighted by Gasteiger charge is 2.24. The van der Waals surface area contributed by atoms with Crippen LogP contribution in [0.15, 0.2) is 54.7 Å². The van der Waals surface area contributed by atoms with Crippen LogP contribution in [0.5, 0.6) is 0 Å². The minimum atomic E-state index is 0.297. The molecule has 26 heavy (non-hydrogen) atoms. The van der Waals surface area contributed by atoms with Crippen LogP contribution in [-0.4, -0.2) is 0 Å². The molecule has 0 spiro atoms. The number of hydrogen-bond donors (Lipinski definition) is 0. The molecule has 0 unspecified atom stereocenters. The summed E-state index contributed by atoms with van der Waals surface area (Å²) in [5.74, 6) is 0. The van der Waals surface area contributed by atoms with Crippen LogP contribution >= 0.6 is 0 Å². The third kappa shape index (κ3) is 2.96. The minimum Gasteiger partial charge on any atom is -0.201 e. The van der Waals surface area contributed by atoms with E-state index < -0.39 is 0 Å². The molecule has 3 aromatic rings. The first-order chi connectivity index (χ1) is 12.3. The van der Waals surface area contributed by atoms with E-state index in [1.165, 1.54) is 44.6 Å². The molecule has 0 radical (unpaired) electrons. The average Bonchev–Trinajstić information content (AvgIpc) is 2.96. The zero-order chi connectivity index (χ0) is 18.5.